The topological polar surface area (TPSA) is 75.7 Å². The van der Waals surface area contributed by atoms with E-state index in [0.29, 0.717) is 30.9 Å². The van der Waals surface area contributed by atoms with Gasteiger partial charge in [0.15, 0.2) is 0 Å². The molecule has 2 aromatic rings. The van der Waals surface area contributed by atoms with Crippen molar-refractivity contribution in [2.45, 2.75) is 42.9 Å². The molecule has 1 N–H and O–H groups in total. The highest BCUT2D eigenvalue weighted by Gasteiger charge is 2.44. The van der Waals surface area contributed by atoms with Gasteiger partial charge in [-0.2, -0.15) is 4.31 Å². The van der Waals surface area contributed by atoms with Gasteiger partial charge in [0.25, 0.3) is 0 Å². The number of nitrogens with zero attached hydrogens (tertiary/aromatic N) is 1. The van der Waals surface area contributed by atoms with Gasteiger partial charge >= 0.3 is 0 Å². The Hall–Kier alpha value is -2.45. The number of halogens is 1. The van der Waals surface area contributed by atoms with Gasteiger partial charge in [-0.3, -0.25) is 4.79 Å². The molecule has 1 saturated heterocycles. The molecule has 2 aliphatic rings. The van der Waals surface area contributed by atoms with E-state index in [0.717, 1.165) is 31.2 Å². The fraction of sp³-hybridized carbons (Fsp3) is 0.435. The van der Waals surface area contributed by atoms with E-state index >= 15 is 0 Å². The highest BCUT2D eigenvalue weighted by atomic mass is 32.2. The zero-order chi connectivity index (χ0) is 22.0. The molecular formula is C23H27FN2O4S. The minimum Gasteiger partial charge on any atom is -0.495 e. The average molecular weight is 447 g/mol. The molecule has 8 heteroatoms. The number of sulfonamides is 1. The summed E-state index contributed by atoms with van der Waals surface area (Å²) in [6.45, 7) is 1.02. The van der Waals surface area contributed by atoms with Gasteiger partial charge < -0.3 is 10.1 Å². The van der Waals surface area contributed by atoms with E-state index in [1.54, 1.807) is 18.2 Å². The number of amides is 1. The average Bonchev–Trinajstić information content (AvgIpc) is 3.58. The second-order valence-electron chi connectivity index (χ2n) is 8.17. The van der Waals surface area contributed by atoms with Crippen molar-refractivity contribution in [1.82, 2.24) is 4.31 Å². The Morgan fingerprint density at radius 1 is 1.06 bits per heavy atom. The van der Waals surface area contributed by atoms with Gasteiger partial charge in [0.05, 0.1) is 17.7 Å². The van der Waals surface area contributed by atoms with Crippen LogP contribution in [0.15, 0.2) is 47.4 Å². The summed E-state index contributed by atoms with van der Waals surface area (Å²) in [5.74, 6) is -0.298. The number of anilines is 1. The van der Waals surface area contributed by atoms with Gasteiger partial charge in [-0.05, 0) is 61.1 Å². The molecule has 0 spiro atoms. The third-order valence-corrected chi connectivity index (χ3v) is 7.95. The fourth-order valence-corrected chi connectivity index (χ4v) is 5.71. The molecule has 4 rings (SSSR count). The maximum absolute atomic E-state index is 13.1. The number of methoxy groups -OCH3 is 1. The Kier molecular flexibility index (Phi) is 6.29. The minimum absolute atomic E-state index is 0.0376. The number of ether oxygens (including phenoxy) is 1. The molecule has 6 nitrogen and oxygen atoms in total. The number of nitrogens with one attached hydrogen (secondary N) is 1. The highest BCUT2D eigenvalue weighted by molar-refractivity contribution is 7.89. The quantitative estimate of drug-likeness (QED) is 0.724. The normalized spacial score (nSPS) is 21.9. The van der Waals surface area contributed by atoms with Gasteiger partial charge in [0.1, 0.15) is 11.6 Å². The first kappa shape index (κ1) is 21.8. The largest absolute Gasteiger partial charge is 0.495 e. The second kappa shape index (κ2) is 8.96. The molecule has 1 saturated carbocycles. The summed E-state index contributed by atoms with van der Waals surface area (Å²) in [6.07, 6.45) is 4.45. The summed E-state index contributed by atoms with van der Waals surface area (Å²) in [5.41, 5.74) is 1.26. The SMILES string of the molecule is COc1ccc(S(=O)(=O)N2CCCCCC2)cc1NC(=O)C1CC1c1ccc(F)cc1. The van der Waals surface area contributed by atoms with Crippen molar-refractivity contribution in [2.75, 3.05) is 25.5 Å². The molecule has 2 aromatic carbocycles. The van der Waals surface area contributed by atoms with E-state index in [2.05, 4.69) is 5.32 Å². The van der Waals surface area contributed by atoms with E-state index in [9.17, 15) is 17.6 Å². The van der Waals surface area contributed by atoms with E-state index in [4.69, 9.17) is 4.74 Å². The molecule has 31 heavy (non-hydrogen) atoms. The second-order valence-corrected chi connectivity index (χ2v) is 10.1. The van der Waals surface area contributed by atoms with Crippen LogP contribution in [0.5, 0.6) is 5.75 Å². The van der Waals surface area contributed by atoms with Crippen molar-refractivity contribution >= 4 is 21.6 Å². The van der Waals surface area contributed by atoms with Crippen molar-refractivity contribution in [3.05, 3.63) is 53.8 Å². The molecule has 2 unspecified atom stereocenters. The van der Waals surface area contributed by atoms with Crippen molar-refractivity contribution < 1.29 is 22.3 Å². The van der Waals surface area contributed by atoms with Crippen LogP contribution in [-0.4, -0.2) is 38.8 Å². The number of hydrogen-bond acceptors (Lipinski definition) is 4. The summed E-state index contributed by atoms with van der Waals surface area (Å²) in [4.78, 5) is 13.0. The van der Waals surface area contributed by atoms with Crippen molar-refractivity contribution in [3.63, 3.8) is 0 Å². The summed E-state index contributed by atoms with van der Waals surface area (Å²) in [7, 11) is -2.16. The maximum Gasteiger partial charge on any atom is 0.243 e. The smallest absolute Gasteiger partial charge is 0.243 e. The van der Waals surface area contributed by atoms with Crippen LogP contribution in [-0.2, 0) is 14.8 Å². The van der Waals surface area contributed by atoms with Gasteiger partial charge in [0, 0.05) is 19.0 Å². The Labute approximate surface area is 182 Å². The van der Waals surface area contributed by atoms with Gasteiger partial charge in [-0.1, -0.05) is 25.0 Å². The monoisotopic (exact) mass is 446 g/mol. The molecule has 166 valence electrons. The van der Waals surface area contributed by atoms with Crippen LogP contribution in [0.1, 0.15) is 43.6 Å². The maximum atomic E-state index is 13.1. The molecular weight excluding hydrogens is 419 g/mol. The van der Waals surface area contributed by atoms with Crippen molar-refractivity contribution in [1.29, 1.82) is 0 Å². The Morgan fingerprint density at radius 3 is 2.39 bits per heavy atom. The van der Waals surface area contributed by atoms with E-state index in [1.807, 2.05) is 0 Å². The third-order valence-electron chi connectivity index (χ3n) is 6.06. The van der Waals surface area contributed by atoms with Crippen LogP contribution in [0, 0.1) is 11.7 Å². The first-order valence-electron chi connectivity index (χ1n) is 10.6. The summed E-state index contributed by atoms with van der Waals surface area (Å²) >= 11 is 0. The third kappa shape index (κ3) is 4.75. The van der Waals surface area contributed by atoms with Gasteiger partial charge in [-0.25, -0.2) is 12.8 Å². The van der Waals surface area contributed by atoms with E-state index < -0.39 is 10.0 Å². The standard InChI is InChI=1S/C23H27FN2O4S/c1-30-22-11-10-18(31(28,29)26-12-4-2-3-5-13-26)14-21(22)25-23(27)20-15-19(20)16-6-8-17(24)9-7-16/h6-11,14,19-20H,2-5,12-13,15H2,1H3,(H,25,27). The zero-order valence-corrected chi connectivity index (χ0v) is 18.3. The lowest BCUT2D eigenvalue weighted by atomic mass is 10.1. The highest BCUT2D eigenvalue weighted by Crippen LogP contribution is 2.48. The molecule has 2 atom stereocenters. The number of benzene rings is 2. The number of carbonyl (C=O) groups excluding carboxylic acids is 1. The van der Waals surface area contributed by atoms with Crippen LogP contribution >= 0.6 is 0 Å². The number of rotatable bonds is 6. The predicted octanol–water partition coefficient (Wildman–Crippen LogP) is 4.14. The predicted molar refractivity (Wildman–Crippen MR) is 116 cm³/mol. The van der Waals surface area contributed by atoms with E-state index in [-0.39, 0.29) is 28.5 Å². The molecule has 0 bridgehead atoms. The lowest BCUT2D eigenvalue weighted by Gasteiger charge is -2.21. The van der Waals surface area contributed by atoms with Crippen LogP contribution in [0.4, 0.5) is 10.1 Å². The van der Waals surface area contributed by atoms with E-state index in [1.165, 1.54) is 35.7 Å². The molecule has 1 heterocycles. The Bertz CT molecular complexity index is 1050. The molecule has 1 amide bonds. The molecule has 0 radical (unpaired) electrons. The van der Waals surface area contributed by atoms with Gasteiger partial charge in [0.2, 0.25) is 15.9 Å². The molecule has 0 aromatic heterocycles. The Morgan fingerprint density at radius 2 is 1.74 bits per heavy atom. The lowest BCUT2D eigenvalue weighted by molar-refractivity contribution is -0.117. The van der Waals surface area contributed by atoms with Crippen LogP contribution in [0.25, 0.3) is 0 Å². The van der Waals surface area contributed by atoms with Crippen LogP contribution in [0.2, 0.25) is 0 Å². The van der Waals surface area contributed by atoms with Gasteiger partial charge in [-0.15, -0.1) is 0 Å². The van der Waals surface area contributed by atoms with Crippen LogP contribution in [0.3, 0.4) is 0 Å². The molecule has 2 fully saturated rings. The summed E-state index contributed by atoms with van der Waals surface area (Å²) in [5, 5.41) is 2.84. The first-order valence-corrected chi connectivity index (χ1v) is 12.1. The minimum atomic E-state index is -3.64. The van der Waals surface area contributed by atoms with Crippen molar-refractivity contribution in [2.24, 2.45) is 5.92 Å². The fourth-order valence-electron chi connectivity index (χ4n) is 4.16. The van der Waals surface area contributed by atoms with Crippen molar-refractivity contribution in [3.8, 4) is 5.75 Å². The van der Waals surface area contributed by atoms with Crippen LogP contribution < -0.4 is 10.1 Å². The first-order chi connectivity index (χ1) is 14.9. The molecule has 1 aliphatic heterocycles. The summed E-state index contributed by atoms with van der Waals surface area (Å²) < 4.78 is 46.3. The Balaban J connectivity index is 1.51. The number of hydrogen-bond donors (Lipinski definition) is 1. The zero-order valence-electron chi connectivity index (χ0n) is 17.5. The summed E-state index contributed by atoms with van der Waals surface area (Å²) in [6, 6.07) is 10.8. The molecule has 1 aliphatic carbocycles. The number of carbonyl (C=O) groups is 1. The lowest BCUT2D eigenvalue weighted by Crippen LogP contribution is -2.32.